The molecule has 0 fully saturated rings. The largest absolute Gasteiger partial charge is 0.457 e. The fourth-order valence-electron chi connectivity index (χ4n) is 12.6. The van der Waals surface area contributed by atoms with Gasteiger partial charge in [0.25, 0.3) is 0 Å². The number of nitrogens with zero attached hydrogens (tertiary/aromatic N) is 6. The van der Waals surface area contributed by atoms with Gasteiger partial charge in [0.05, 0.1) is 72.9 Å². The van der Waals surface area contributed by atoms with Crippen molar-refractivity contribution in [2.24, 2.45) is 0 Å². The minimum absolute atomic E-state index is 0.631. The van der Waals surface area contributed by atoms with E-state index in [2.05, 4.69) is 208 Å². The molecule has 7 heteroatoms. The molecule has 0 saturated carbocycles. The lowest BCUT2D eigenvalue weighted by atomic mass is 9.66. The second-order valence-corrected chi connectivity index (χ2v) is 19.2. The third kappa shape index (κ3) is 5.30. The lowest BCUT2D eigenvalue weighted by molar-refractivity contribution is 0.436. The van der Waals surface area contributed by atoms with Crippen LogP contribution in [-0.4, -0.2) is 23.7 Å². The zero-order valence-corrected chi connectivity index (χ0v) is 39.0. The Labute approximate surface area is 418 Å². The predicted octanol–water partition coefficient (Wildman–Crippen LogP) is 15.8. The van der Waals surface area contributed by atoms with E-state index >= 15 is 0 Å². The zero-order valence-electron chi connectivity index (χ0n) is 39.0. The molecule has 1 unspecified atom stereocenters. The quantitative estimate of drug-likeness (QED) is 0.176. The van der Waals surface area contributed by atoms with Crippen molar-refractivity contribution in [2.75, 3.05) is 0 Å². The summed E-state index contributed by atoms with van der Waals surface area (Å²) in [4.78, 5) is 10.4. The maximum absolute atomic E-state index is 9.85. The average Bonchev–Trinajstić information content (AvgIpc) is 4.16. The second-order valence-electron chi connectivity index (χ2n) is 19.2. The first-order valence-corrected chi connectivity index (χ1v) is 24.6. The maximum Gasteiger partial charge on any atom is 0.134 e. The number of hydrogen-bond acceptors (Lipinski definition) is 4. The average molecular weight is 931 g/mol. The number of hydrogen-bond donors (Lipinski definition) is 0. The number of nitriles is 1. The molecule has 0 N–H and O–H groups in total. The zero-order chi connectivity index (χ0) is 47.9. The van der Waals surface area contributed by atoms with Gasteiger partial charge in [-0.15, -0.1) is 0 Å². The molecule has 16 rings (SSSR count). The summed E-state index contributed by atoms with van der Waals surface area (Å²) in [6.07, 6.45) is 3.89. The first kappa shape index (κ1) is 39.8. The summed E-state index contributed by atoms with van der Waals surface area (Å²) < 4.78 is 14.1. The van der Waals surface area contributed by atoms with E-state index in [-0.39, 0.29) is 0 Å². The highest BCUT2D eigenvalue weighted by molar-refractivity contribution is 6.13. The maximum atomic E-state index is 9.85. The van der Waals surface area contributed by atoms with E-state index in [1.807, 2.05) is 42.7 Å². The summed E-state index contributed by atoms with van der Waals surface area (Å²) in [6, 6.07) is 80.1. The van der Waals surface area contributed by atoms with Crippen LogP contribution in [0.15, 0.2) is 231 Å². The van der Waals surface area contributed by atoms with Crippen LogP contribution in [0.2, 0.25) is 0 Å². The van der Waals surface area contributed by atoms with Gasteiger partial charge in [-0.1, -0.05) is 121 Å². The van der Waals surface area contributed by atoms with Crippen LogP contribution in [0.3, 0.4) is 0 Å². The molecule has 2 aliphatic rings. The lowest BCUT2D eigenvalue weighted by Gasteiger charge is -2.39. The van der Waals surface area contributed by atoms with Crippen LogP contribution in [-0.2, 0) is 5.41 Å². The molecule has 1 aliphatic carbocycles. The first-order valence-electron chi connectivity index (χ1n) is 24.6. The van der Waals surface area contributed by atoms with Crippen molar-refractivity contribution in [3.63, 3.8) is 0 Å². The topological polar surface area (TPSA) is 73.6 Å². The number of aromatic nitrogens is 5. The molecule has 338 valence electrons. The molecule has 0 radical (unpaired) electrons. The molecular weight excluding hydrogens is 893 g/mol. The first-order chi connectivity index (χ1) is 36.2. The Bertz CT molecular complexity index is 4700. The minimum atomic E-state index is -0.788. The van der Waals surface area contributed by atoms with Crippen molar-refractivity contribution < 1.29 is 4.74 Å². The SMILES string of the molecule is N#Cc1ccc2c(c1)c1ccccc1n2-c1ccc2c(c1)Oc1ccccc1C21c2cccnc2-c2ncc(-c3ccc4c(c3)c3ccccc3n4-c3ccccc3-n3c4ccccc4c4ccccc43)cc21. The van der Waals surface area contributed by atoms with Gasteiger partial charge in [0.15, 0.2) is 0 Å². The van der Waals surface area contributed by atoms with E-state index in [1.165, 1.54) is 27.2 Å². The van der Waals surface area contributed by atoms with Crippen molar-refractivity contribution in [3.8, 4) is 57.1 Å². The van der Waals surface area contributed by atoms with E-state index in [0.717, 1.165) is 112 Å². The Kier molecular flexibility index (Phi) is 8.04. The van der Waals surface area contributed by atoms with Gasteiger partial charge in [0.2, 0.25) is 0 Å². The van der Waals surface area contributed by atoms with E-state index in [0.29, 0.717) is 5.56 Å². The minimum Gasteiger partial charge on any atom is -0.457 e. The standard InChI is InChI=1S/C66H38N6O/c67-38-40-27-31-58-48(34-40)46-16-3-6-20-54(46)70(58)43-29-30-51-63(37-43)73-62-26-12-5-18-50(62)66(51)52-19-13-33-68-64(52)65-53(66)36-42(39-69-65)41-28-32-59-49(35-41)47-17-4-9-23-57(47)72(59)61-25-11-10-24-60(61)71-55-21-7-1-14-44(55)45-15-2-8-22-56(45)71/h1-37,39H. The highest BCUT2D eigenvalue weighted by Gasteiger charge is 2.52. The van der Waals surface area contributed by atoms with Gasteiger partial charge in [0.1, 0.15) is 11.5 Å². The van der Waals surface area contributed by atoms with Crippen LogP contribution in [0.4, 0.5) is 0 Å². The highest BCUT2D eigenvalue weighted by atomic mass is 16.5. The molecule has 73 heavy (non-hydrogen) atoms. The van der Waals surface area contributed by atoms with Crippen molar-refractivity contribution in [3.05, 3.63) is 259 Å². The molecule has 1 atom stereocenters. The van der Waals surface area contributed by atoms with Crippen LogP contribution < -0.4 is 4.74 Å². The second kappa shape index (κ2) is 14.8. The third-order valence-corrected chi connectivity index (χ3v) is 15.6. The summed E-state index contributed by atoms with van der Waals surface area (Å²) in [6.45, 7) is 0. The van der Waals surface area contributed by atoms with Crippen LogP contribution in [0.1, 0.15) is 27.8 Å². The smallest absolute Gasteiger partial charge is 0.134 e. The van der Waals surface area contributed by atoms with Crippen molar-refractivity contribution in [1.29, 1.82) is 5.26 Å². The van der Waals surface area contributed by atoms with Crippen LogP contribution in [0.5, 0.6) is 11.5 Å². The number of pyridine rings is 2. The van der Waals surface area contributed by atoms with E-state index in [9.17, 15) is 5.26 Å². The molecule has 0 amide bonds. The Balaban J connectivity index is 0.892. The molecule has 1 aliphatic heterocycles. The van der Waals surface area contributed by atoms with Crippen molar-refractivity contribution >= 4 is 65.4 Å². The highest BCUT2D eigenvalue weighted by Crippen LogP contribution is 2.62. The van der Waals surface area contributed by atoms with E-state index in [4.69, 9.17) is 14.7 Å². The third-order valence-electron chi connectivity index (χ3n) is 15.6. The van der Waals surface area contributed by atoms with Gasteiger partial charge in [-0.2, -0.15) is 5.26 Å². The lowest BCUT2D eigenvalue weighted by Crippen LogP contribution is -2.32. The molecule has 0 bridgehead atoms. The molecule has 9 aromatic carbocycles. The summed E-state index contributed by atoms with van der Waals surface area (Å²) in [5, 5.41) is 16.8. The van der Waals surface area contributed by atoms with E-state index in [1.54, 1.807) is 0 Å². The fourth-order valence-corrected chi connectivity index (χ4v) is 12.6. The Morgan fingerprint density at radius 1 is 0.384 bits per heavy atom. The summed E-state index contributed by atoms with van der Waals surface area (Å²) in [5.74, 6) is 1.55. The number of fused-ring (bicyclic) bond motifs is 18. The Hall–Kier alpha value is -10.0. The number of benzene rings is 9. The molecular formula is C66H38N6O. The normalized spacial score (nSPS) is 14.5. The predicted molar refractivity (Wildman–Crippen MR) is 293 cm³/mol. The summed E-state index contributed by atoms with van der Waals surface area (Å²) >= 11 is 0. The van der Waals surface area contributed by atoms with Gasteiger partial charge >= 0.3 is 0 Å². The number of para-hydroxylation sites is 7. The van der Waals surface area contributed by atoms with Crippen molar-refractivity contribution in [2.45, 2.75) is 5.41 Å². The Morgan fingerprint density at radius 3 is 1.62 bits per heavy atom. The molecule has 7 nitrogen and oxygen atoms in total. The van der Waals surface area contributed by atoms with Gasteiger partial charge < -0.3 is 18.4 Å². The van der Waals surface area contributed by atoms with Crippen LogP contribution in [0.25, 0.3) is 105 Å². The Morgan fingerprint density at radius 2 is 0.918 bits per heavy atom. The van der Waals surface area contributed by atoms with Gasteiger partial charge in [0, 0.05) is 78.7 Å². The summed E-state index contributed by atoms with van der Waals surface area (Å²) in [5.41, 5.74) is 17.7. The van der Waals surface area contributed by atoms with Gasteiger partial charge in [-0.3, -0.25) is 9.97 Å². The molecule has 6 heterocycles. The monoisotopic (exact) mass is 930 g/mol. The van der Waals surface area contributed by atoms with Crippen molar-refractivity contribution in [1.82, 2.24) is 23.7 Å². The molecule has 5 aromatic heterocycles. The van der Waals surface area contributed by atoms with Gasteiger partial charge in [-0.05, 0) is 102 Å². The molecule has 0 saturated heterocycles. The molecule has 1 spiro atoms. The van der Waals surface area contributed by atoms with E-state index < -0.39 is 5.41 Å². The number of ether oxygens (including phenoxy) is 1. The fraction of sp³-hybridized carbons (Fsp3) is 0.0152. The van der Waals surface area contributed by atoms with Crippen LogP contribution in [0, 0.1) is 11.3 Å². The number of rotatable bonds is 4. The van der Waals surface area contributed by atoms with Gasteiger partial charge in [-0.25, -0.2) is 0 Å². The molecule has 14 aromatic rings. The summed E-state index contributed by atoms with van der Waals surface area (Å²) in [7, 11) is 0. The van der Waals surface area contributed by atoms with Crippen LogP contribution >= 0.6 is 0 Å².